The molecule has 0 aliphatic rings. The van der Waals surface area contributed by atoms with Gasteiger partial charge in [-0.05, 0) is 60.4 Å². The van der Waals surface area contributed by atoms with Crippen molar-refractivity contribution in [3.63, 3.8) is 0 Å². The van der Waals surface area contributed by atoms with Gasteiger partial charge >= 0.3 is 0 Å². The number of amides is 2. The van der Waals surface area contributed by atoms with Crippen molar-refractivity contribution in [1.82, 2.24) is 5.32 Å². The van der Waals surface area contributed by atoms with E-state index in [1.54, 1.807) is 48.5 Å². The zero-order valence-electron chi connectivity index (χ0n) is 15.8. The number of fused-ring (bicyclic) bond motifs is 1. The highest BCUT2D eigenvalue weighted by molar-refractivity contribution is 7.80. The molecule has 0 aliphatic carbocycles. The Bertz CT molecular complexity index is 1070. The van der Waals surface area contributed by atoms with E-state index in [1.807, 2.05) is 19.1 Å². The standard InChI is InChI=1S/C22H20ClN3O2S/c1-2-5-20(27)24-14-10-12-15(13-11-14)25-22(29)26-21(28)18-8-3-7-17-16(18)6-4-9-19(17)23/h3-4,6-13H,2,5H2,1H3,(H,24,27)(H2,25,26,28,29). The Hall–Kier alpha value is -2.96. The summed E-state index contributed by atoms with van der Waals surface area (Å²) in [5.41, 5.74) is 1.89. The molecule has 0 aliphatic heterocycles. The van der Waals surface area contributed by atoms with Gasteiger partial charge in [-0.1, -0.05) is 42.8 Å². The van der Waals surface area contributed by atoms with Gasteiger partial charge in [-0.15, -0.1) is 0 Å². The highest BCUT2D eigenvalue weighted by Gasteiger charge is 2.12. The number of carbonyl (C=O) groups excluding carboxylic acids is 2. The first-order valence-electron chi connectivity index (χ1n) is 9.17. The fraction of sp³-hybridized carbons (Fsp3) is 0.136. The summed E-state index contributed by atoms with van der Waals surface area (Å²) in [6, 6.07) is 17.9. The minimum absolute atomic E-state index is 0.0221. The van der Waals surface area contributed by atoms with Gasteiger partial charge in [-0.2, -0.15) is 0 Å². The molecule has 3 aromatic rings. The summed E-state index contributed by atoms with van der Waals surface area (Å²) in [6.07, 6.45) is 1.28. The lowest BCUT2D eigenvalue weighted by molar-refractivity contribution is -0.116. The summed E-state index contributed by atoms with van der Waals surface area (Å²) in [5, 5.41) is 10.8. The van der Waals surface area contributed by atoms with Crippen molar-refractivity contribution in [2.75, 3.05) is 10.6 Å². The van der Waals surface area contributed by atoms with E-state index in [1.165, 1.54) is 0 Å². The number of rotatable bonds is 5. The fourth-order valence-corrected chi connectivity index (χ4v) is 3.34. The normalized spacial score (nSPS) is 10.4. The Labute approximate surface area is 179 Å². The van der Waals surface area contributed by atoms with Gasteiger partial charge in [0.25, 0.3) is 5.91 Å². The van der Waals surface area contributed by atoms with Gasteiger partial charge in [0, 0.05) is 33.8 Å². The van der Waals surface area contributed by atoms with E-state index >= 15 is 0 Å². The van der Waals surface area contributed by atoms with E-state index in [4.69, 9.17) is 23.8 Å². The topological polar surface area (TPSA) is 70.2 Å². The highest BCUT2D eigenvalue weighted by Crippen LogP contribution is 2.26. The molecule has 3 rings (SSSR count). The summed E-state index contributed by atoms with van der Waals surface area (Å²) >= 11 is 11.5. The van der Waals surface area contributed by atoms with Crippen LogP contribution in [0.5, 0.6) is 0 Å². The maximum absolute atomic E-state index is 12.7. The lowest BCUT2D eigenvalue weighted by Crippen LogP contribution is -2.34. The predicted octanol–water partition coefficient (Wildman–Crippen LogP) is 5.36. The van der Waals surface area contributed by atoms with Crippen LogP contribution in [0, 0.1) is 0 Å². The number of halogens is 1. The summed E-state index contributed by atoms with van der Waals surface area (Å²) in [7, 11) is 0. The van der Waals surface area contributed by atoms with E-state index in [-0.39, 0.29) is 16.9 Å². The van der Waals surface area contributed by atoms with Crippen molar-refractivity contribution >= 4 is 62.9 Å². The second-order valence-corrected chi connectivity index (χ2v) is 7.24. The number of nitrogens with one attached hydrogen (secondary N) is 3. The van der Waals surface area contributed by atoms with Gasteiger partial charge in [0.05, 0.1) is 0 Å². The summed E-state index contributed by atoms with van der Waals surface area (Å²) in [4.78, 5) is 24.3. The fourth-order valence-electron chi connectivity index (χ4n) is 2.89. The quantitative estimate of drug-likeness (QED) is 0.481. The molecule has 0 aromatic heterocycles. The van der Waals surface area contributed by atoms with Crippen LogP contribution in [0.1, 0.15) is 30.1 Å². The molecule has 3 aromatic carbocycles. The molecule has 0 saturated carbocycles. The molecule has 29 heavy (non-hydrogen) atoms. The average Bonchev–Trinajstić information content (AvgIpc) is 2.69. The average molecular weight is 426 g/mol. The highest BCUT2D eigenvalue weighted by atomic mass is 35.5. The first kappa shape index (κ1) is 20.8. The van der Waals surface area contributed by atoms with Crippen molar-refractivity contribution < 1.29 is 9.59 Å². The monoisotopic (exact) mass is 425 g/mol. The zero-order valence-corrected chi connectivity index (χ0v) is 17.4. The number of hydrogen-bond donors (Lipinski definition) is 3. The van der Waals surface area contributed by atoms with E-state index in [0.717, 1.165) is 17.2 Å². The molecule has 0 heterocycles. The van der Waals surface area contributed by atoms with Crippen molar-refractivity contribution in [2.45, 2.75) is 19.8 Å². The molecular weight excluding hydrogens is 406 g/mol. The Balaban J connectivity index is 1.65. The van der Waals surface area contributed by atoms with Gasteiger partial charge < -0.3 is 10.6 Å². The van der Waals surface area contributed by atoms with Crippen molar-refractivity contribution in [3.05, 3.63) is 71.2 Å². The van der Waals surface area contributed by atoms with Crippen LogP contribution in [0.3, 0.4) is 0 Å². The van der Waals surface area contributed by atoms with Crippen LogP contribution in [0.15, 0.2) is 60.7 Å². The minimum atomic E-state index is -0.321. The van der Waals surface area contributed by atoms with E-state index in [0.29, 0.717) is 28.4 Å². The van der Waals surface area contributed by atoms with Crippen LogP contribution in [-0.2, 0) is 4.79 Å². The molecule has 0 bridgehead atoms. The molecule has 2 amide bonds. The molecular formula is C22H20ClN3O2S. The molecule has 0 fully saturated rings. The molecule has 0 spiro atoms. The van der Waals surface area contributed by atoms with Gasteiger partial charge in [0.15, 0.2) is 5.11 Å². The van der Waals surface area contributed by atoms with Crippen LogP contribution in [-0.4, -0.2) is 16.9 Å². The Kier molecular flexibility index (Phi) is 6.80. The second kappa shape index (κ2) is 9.49. The Morgan fingerprint density at radius 2 is 1.52 bits per heavy atom. The van der Waals surface area contributed by atoms with Crippen molar-refractivity contribution in [1.29, 1.82) is 0 Å². The third-order valence-corrected chi connectivity index (χ3v) is 4.78. The lowest BCUT2D eigenvalue weighted by Gasteiger charge is -2.12. The second-order valence-electron chi connectivity index (χ2n) is 6.42. The summed E-state index contributed by atoms with van der Waals surface area (Å²) in [6.45, 7) is 1.95. The number of carbonyl (C=O) groups is 2. The molecule has 148 valence electrons. The molecule has 0 saturated heterocycles. The van der Waals surface area contributed by atoms with Gasteiger partial charge in [0.1, 0.15) is 0 Å². The van der Waals surface area contributed by atoms with Crippen LogP contribution < -0.4 is 16.0 Å². The largest absolute Gasteiger partial charge is 0.332 e. The molecule has 0 radical (unpaired) electrons. The van der Waals surface area contributed by atoms with Crippen LogP contribution in [0.2, 0.25) is 5.02 Å². The van der Waals surface area contributed by atoms with E-state index in [2.05, 4.69) is 16.0 Å². The zero-order chi connectivity index (χ0) is 20.8. The molecule has 7 heteroatoms. The molecule has 0 unspecified atom stereocenters. The number of benzene rings is 3. The number of anilines is 2. The Morgan fingerprint density at radius 3 is 2.21 bits per heavy atom. The third-order valence-electron chi connectivity index (χ3n) is 4.24. The smallest absolute Gasteiger partial charge is 0.258 e. The molecule has 5 nitrogen and oxygen atoms in total. The van der Waals surface area contributed by atoms with E-state index in [9.17, 15) is 9.59 Å². The maximum atomic E-state index is 12.7. The lowest BCUT2D eigenvalue weighted by atomic mass is 10.0. The SMILES string of the molecule is CCCC(=O)Nc1ccc(NC(=S)NC(=O)c2cccc3c(Cl)cccc23)cc1. The van der Waals surface area contributed by atoms with Crippen LogP contribution in [0.25, 0.3) is 10.8 Å². The van der Waals surface area contributed by atoms with Crippen LogP contribution in [0.4, 0.5) is 11.4 Å². The number of hydrogen-bond acceptors (Lipinski definition) is 3. The molecule has 3 N–H and O–H groups in total. The minimum Gasteiger partial charge on any atom is -0.332 e. The molecule has 0 atom stereocenters. The first-order chi connectivity index (χ1) is 14.0. The van der Waals surface area contributed by atoms with E-state index < -0.39 is 0 Å². The van der Waals surface area contributed by atoms with Crippen molar-refractivity contribution in [2.24, 2.45) is 0 Å². The Morgan fingerprint density at radius 1 is 0.897 bits per heavy atom. The summed E-state index contributed by atoms with van der Waals surface area (Å²) < 4.78 is 0. The van der Waals surface area contributed by atoms with Gasteiger partial charge in [-0.3, -0.25) is 14.9 Å². The third kappa shape index (κ3) is 5.31. The first-order valence-corrected chi connectivity index (χ1v) is 9.96. The summed E-state index contributed by atoms with van der Waals surface area (Å²) in [5.74, 6) is -0.343. The van der Waals surface area contributed by atoms with Gasteiger partial charge in [-0.25, -0.2) is 0 Å². The van der Waals surface area contributed by atoms with Crippen LogP contribution >= 0.6 is 23.8 Å². The van der Waals surface area contributed by atoms with Crippen molar-refractivity contribution in [3.8, 4) is 0 Å². The maximum Gasteiger partial charge on any atom is 0.258 e. The number of thiocarbonyl (C=S) groups is 1. The van der Waals surface area contributed by atoms with Gasteiger partial charge in [0.2, 0.25) is 5.91 Å². The predicted molar refractivity (Wildman–Crippen MR) is 123 cm³/mol.